The number of thiophene rings is 1. The second kappa shape index (κ2) is 5.41. The molecule has 1 saturated carbocycles. The van der Waals surface area contributed by atoms with E-state index in [0.29, 0.717) is 0 Å². The van der Waals surface area contributed by atoms with Crippen LogP contribution in [0.4, 0.5) is 5.69 Å². The molecule has 24 heavy (non-hydrogen) atoms. The topological polar surface area (TPSA) is 79.3 Å². The van der Waals surface area contributed by atoms with Crippen LogP contribution in [0.3, 0.4) is 0 Å². The standard InChI is InChI=1S/C18H18N2O3S/c1-8-5-9(2)19-17-13(8)12(7-24-17)20-16(21)14-10-3-4-11(6-10)15(14)18(22)23/h3-5,7,10-11,14-15H,6H2,1-2H3,(H,20,21)(H,22,23). The zero-order valence-corrected chi connectivity index (χ0v) is 14.3. The molecule has 1 fully saturated rings. The molecule has 0 aromatic carbocycles. The van der Waals surface area contributed by atoms with Gasteiger partial charge in [0.15, 0.2) is 0 Å². The Morgan fingerprint density at radius 1 is 1.25 bits per heavy atom. The van der Waals surface area contributed by atoms with E-state index in [0.717, 1.165) is 33.6 Å². The van der Waals surface area contributed by atoms with E-state index in [9.17, 15) is 14.7 Å². The highest BCUT2D eigenvalue weighted by Crippen LogP contribution is 2.48. The first-order valence-corrected chi connectivity index (χ1v) is 8.91. The number of nitrogens with one attached hydrogen (secondary N) is 1. The first kappa shape index (κ1) is 15.3. The number of carboxylic acid groups (broad SMARTS) is 1. The van der Waals surface area contributed by atoms with Gasteiger partial charge in [-0.2, -0.15) is 0 Å². The average molecular weight is 342 g/mol. The van der Waals surface area contributed by atoms with Crippen LogP contribution in [0.2, 0.25) is 0 Å². The Morgan fingerprint density at radius 3 is 2.67 bits per heavy atom. The SMILES string of the molecule is Cc1cc(C)c2c(NC(=O)C3C4C=CC(C4)C3C(=O)O)csc2n1. The van der Waals surface area contributed by atoms with Gasteiger partial charge in [0, 0.05) is 16.5 Å². The maximum atomic E-state index is 12.8. The monoisotopic (exact) mass is 342 g/mol. The van der Waals surface area contributed by atoms with Crippen molar-refractivity contribution in [1.29, 1.82) is 0 Å². The van der Waals surface area contributed by atoms with Crippen molar-refractivity contribution in [1.82, 2.24) is 4.98 Å². The summed E-state index contributed by atoms with van der Waals surface area (Å²) >= 11 is 1.49. The van der Waals surface area contributed by atoms with E-state index >= 15 is 0 Å². The molecule has 4 atom stereocenters. The van der Waals surface area contributed by atoms with E-state index in [1.165, 1.54) is 11.3 Å². The quantitative estimate of drug-likeness (QED) is 0.838. The van der Waals surface area contributed by atoms with Gasteiger partial charge in [0.25, 0.3) is 0 Å². The van der Waals surface area contributed by atoms with Gasteiger partial charge in [0.1, 0.15) is 4.83 Å². The third-order valence-electron chi connectivity index (χ3n) is 5.17. The number of hydrogen-bond donors (Lipinski definition) is 2. The molecule has 2 aromatic heterocycles. The number of pyridine rings is 1. The Labute approximate surface area is 143 Å². The largest absolute Gasteiger partial charge is 0.481 e. The molecule has 2 bridgehead atoms. The molecule has 0 spiro atoms. The predicted molar refractivity (Wildman–Crippen MR) is 93.1 cm³/mol. The predicted octanol–water partition coefficient (Wildman–Crippen LogP) is 3.37. The Bertz CT molecular complexity index is 886. The van der Waals surface area contributed by atoms with Crippen LogP contribution in [0, 0.1) is 37.5 Å². The van der Waals surface area contributed by atoms with Crippen molar-refractivity contribution < 1.29 is 14.7 Å². The third-order valence-corrected chi connectivity index (χ3v) is 6.05. The summed E-state index contributed by atoms with van der Waals surface area (Å²) in [4.78, 5) is 29.8. The first-order valence-electron chi connectivity index (χ1n) is 8.03. The number of carbonyl (C=O) groups excluding carboxylic acids is 1. The number of carbonyl (C=O) groups is 2. The van der Waals surface area contributed by atoms with E-state index in [4.69, 9.17) is 0 Å². The number of aliphatic carboxylic acids is 1. The number of anilines is 1. The lowest BCUT2D eigenvalue weighted by Crippen LogP contribution is -2.36. The van der Waals surface area contributed by atoms with E-state index < -0.39 is 17.8 Å². The van der Waals surface area contributed by atoms with E-state index in [1.807, 2.05) is 37.4 Å². The number of carboxylic acids is 1. The summed E-state index contributed by atoms with van der Waals surface area (Å²) in [6.45, 7) is 3.95. The molecule has 2 aliphatic carbocycles. The van der Waals surface area contributed by atoms with Gasteiger partial charge in [-0.15, -0.1) is 11.3 Å². The van der Waals surface area contributed by atoms with Gasteiger partial charge in [-0.25, -0.2) is 4.98 Å². The van der Waals surface area contributed by atoms with E-state index in [-0.39, 0.29) is 17.7 Å². The Morgan fingerprint density at radius 2 is 1.96 bits per heavy atom. The second-order valence-corrected chi connectivity index (χ2v) is 7.60. The van der Waals surface area contributed by atoms with Gasteiger partial charge in [0.05, 0.1) is 17.5 Å². The Balaban J connectivity index is 1.65. The minimum absolute atomic E-state index is 0.0199. The molecule has 0 radical (unpaired) electrons. The summed E-state index contributed by atoms with van der Waals surface area (Å²) < 4.78 is 0. The fourth-order valence-electron chi connectivity index (χ4n) is 4.21. The van der Waals surface area contributed by atoms with Crippen molar-refractivity contribution in [2.24, 2.45) is 23.7 Å². The number of allylic oxidation sites excluding steroid dienone is 2. The molecule has 4 unspecified atom stereocenters. The normalized spacial score (nSPS) is 27.8. The number of hydrogen-bond acceptors (Lipinski definition) is 4. The number of rotatable bonds is 3. The molecule has 2 aliphatic rings. The molecule has 124 valence electrons. The summed E-state index contributed by atoms with van der Waals surface area (Å²) in [5.74, 6) is -2.18. The third kappa shape index (κ3) is 2.24. The molecule has 2 aromatic rings. The van der Waals surface area contributed by atoms with Gasteiger partial charge >= 0.3 is 5.97 Å². The van der Waals surface area contributed by atoms with Crippen molar-refractivity contribution >= 4 is 39.1 Å². The number of fused-ring (bicyclic) bond motifs is 3. The highest BCUT2D eigenvalue weighted by atomic mass is 32.1. The fraction of sp³-hybridized carbons (Fsp3) is 0.389. The van der Waals surface area contributed by atoms with Crippen molar-refractivity contribution in [2.45, 2.75) is 20.3 Å². The van der Waals surface area contributed by atoms with Crippen molar-refractivity contribution in [3.05, 3.63) is 34.9 Å². The zero-order valence-electron chi connectivity index (χ0n) is 13.4. The van der Waals surface area contributed by atoms with Crippen LogP contribution < -0.4 is 5.32 Å². The van der Waals surface area contributed by atoms with Gasteiger partial charge in [0.2, 0.25) is 5.91 Å². The van der Waals surface area contributed by atoms with Gasteiger partial charge < -0.3 is 10.4 Å². The maximum Gasteiger partial charge on any atom is 0.307 e. The lowest BCUT2D eigenvalue weighted by atomic mass is 9.82. The van der Waals surface area contributed by atoms with Crippen LogP contribution in [0.25, 0.3) is 10.2 Å². The van der Waals surface area contributed by atoms with E-state index in [2.05, 4.69) is 10.3 Å². The van der Waals surface area contributed by atoms with Gasteiger partial charge in [-0.05, 0) is 43.7 Å². The van der Waals surface area contributed by atoms with Crippen molar-refractivity contribution in [3.63, 3.8) is 0 Å². The van der Waals surface area contributed by atoms with Gasteiger partial charge in [-0.3, -0.25) is 9.59 Å². The first-order chi connectivity index (χ1) is 11.5. The minimum atomic E-state index is -0.879. The summed E-state index contributed by atoms with van der Waals surface area (Å²) in [5.41, 5.74) is 2.75. The lowest BCUT2D eigenvalue weighted by Gasteiger charge is -2.23. The number of aromatic nitrogens is 1. The summed E-state index contributed by atoms with van der Waals surface area (Å²) in [6.07, 6.45) is 4.71. The fourth-order valence-corrected chi connectivity index (χ4v) is 5.21. The Kier molecular flexibility index (Phi) is 3.46. The van der Waals surface area contributed by atoms with Crippen molar-refractivity contribution in [3.8, 4) is 0 Å². The van der Waals surface area contributed by atoms with Crippen molar-refractivity contribution in [2.75, 3.05) is 5.32 Å². The van der Waals surface area contributed by atoms with Crippen LogP contribution >= 0.6 is 11.3 Å². The molecular formula is C18H18N2O3S. The molecule has 0 saturated heterocycles. The average Bonchev–Trinajstić information content (AvgIpc) is 3.20. The number of nitrogens with zero attached hydrogens (tertiary/aromatic N) is 1. The highest BCUT2D eigenvalue weighted by molar-refractivity contribution is 7.17. The smallest absolute Gasteiger partial charge is 0.307 e. The lowest BCUT2D eigenvalue weighted by molar-refractivity contribution is -0.146. The van der Waals surface area contributed by atoms with Crippen LogP contribution in [0.15, 0.2) is 23.6 Å². The molecule has 0 aliphatic heterocycles. The van der Waals surface area contributed by atoms with E-state index in [1.54, 1.807) is 0 Å². The van der Waals surface area contributed by atoms with Crippen LogP contribution in [-0.4, -0.2) is 22.0 Å². The Hall–Kier alpha value is -2.21. The van der Waals surface area contributed by atoms with Crippen LogP contribution in [-0.2, 0) is 9.59 Å². The second-order valence-electron chi connectivity index (χ2n) is 6.74. The maximum absolute atomic E-state index is 12.8. The zero-order chi connectivity index (χ0) is 17.0. The molecule has 2 N–H and O–H groups in total. The van der Waals surface area contributed by atoms with Gasteiger partial charge in [-0.1, -0.05) is 12.2 Å². The van der Waals surface area contributed by atoms with Crippen LogP contribution in [0.5, 0.6) is 0 Å². The molecule has 2 heterocycles. The molecule has 6 heteroatoms. The molecule has 5 nitrogen and oxygen atoms in total. The molecule has 1 amide bonds. The highest BCUT2D eigenvalue weighted by Gasteiger charge is 2.51. The number of aryl methyl sites for hydroxylation is 2. The summed E-state index contributed by atoms with van der Waals surface area (Å²) in [6, 6.07) is 1.99. The number of amides is 1. The summed E-state index contributed by atoms with van der Waals surface area (Å²) in [5, 5.41) is 15.3. The minimum Gasteiger partial charge on any atom is -0.481 e. The molecular weight excluding hydrogens is 324 g/mol. The molecule has 4 rings (SSSR count). The van der Waals surface area contributed by atoms with Crippen LogP contribution in [0.1, 0.15) is 17.7 Å². The summed E-state index contributed by atoms with van der Waals surface area (Å²) in [7, 11) is 0.